The second kappa shape index (κ2) is 7.89. The average molecular weight is 449 g/mol. The molecule has 6 nitrogen and oxygen atoms in total. The summed E-state index contributed by atoms with van der Waals surface area (Å²) in [7, 11) is 0. The van der Waals surface area contributed by atoms with Crippen molar-refractivity contribution >= 4 is 33.2 Å². The molecule has 1 aromatic carbocycles. The van der Waals surface area contributed by atoms with Crippen LogP contribution >= 0.6 is 15.9 Å². The van der Waals surface area contributed by atoms with Crippen LogP contribution in [0.2, 0.25) is 0 Å². The smallest absolute Gasteiger partial charge is 0.291 e. The van der Waals surface area contributed by atoms with Crippen molar-refractivity contribution in [3.05, 3.63) is 46.3 Å². The predicted molar refractivity (Wildman–Crippen MR) is 111 cm³/mol. The molecular weight excluding hydrogens is 424 g/mol. The lowest BCUT2D eigenvalue weighted by Crippen LogP contribution is -2.51. The number of para-hydroxylation sites is 1. The zero-order valence-electron chi connectivity index (χ0n) is 16.2. The Morgan fingerprint density at radius 1 is 1.29 bits per heavy atom. The van der Waals surface area contributed by atoms with Crippen LogP contribution in [0.3, 0.4) is 0 Å². The van der Waals surface area contributed by atoms with E-state index in [9.17, 15) is 4.79 Å². The minimum atomic E-state index is -0.441. The first-order valence-corrected chi connectivity index (χ1v) is 10.5. The predicted octanol–water partition coefficient (Wildman–Crippen LogP) is 4.72. The molecule has 2 fully saturated rings. The molecule has 150 valence electrons. The lowest BCUT2D eigenvalue weighted by atomic mass is 9.92. The maximum Gasteiger partial charge on any atom is 0.291 e. The van der Waals surface area contributed by atoms with Gasteiger partial charge in [0.25, 0.3) is 5.91 Å². The molecule has 0 bridgehead atoms. The first kappa shape index (κ1) is 19.5. The Hall–Kier alpha value is -1.83. The zero-order chi connectivity index (χ0) is 19.7. The van der Waals surface area contributed by atoms with E-state index in [1.54, 1.807) is 12.1 Å². The topological polar surface area (TPSA) is 63.9 Å². The van der Waals surface area contributed by atoms with Gasteiger partial charge in [-0.25, -0.2) is 0 Å². The molecule has 2 aliphatic rings. The molecule has 3 heterocycles. The van der Waals surface area contributed by atoms with Crippen molar-refractivity contribution in [3.8, 4) is 0 Å². The molecule has 1 amide bonds. The standard InChI is InChI=1S/C21H25BrN2O4/c1-3-15-13-21(26-11-12-27-21)9-10-24(15)19-14(2)5-4-6-16(19)23-20(25)17-7-8-18(22)28-17/h4-8,15H,3,9-13H2,1-2H3,(H,23,25). The maximum absolute atomic E-state index is 12.6. The minimum absolute atomic E-state index is 0.262. The molecule has 0 radical (unpaired) electrons. The molecule has 4 rings (SSSR count). The number of aryl methyl sites for hydroxylation is 1. The highest BCUT2D eigenvalue weighted by atomic mass is 79.9. The van der Waals surface area contributed by atoms with Gasteiger partial charge in [0.2, 0.25) is 0 Å². The number of rotatable bonds is 4. The lowest BCUT2D eigenvalue weighted by molar-refractivity contribution is -0.176. The summed E-state index contributed by atoms with van der Waals surface area (Å²) in [6, 6.07) is 9.63. The number of hydrogen-bond donors (Lipinski definition) is 1. The van der Waals surface area contributed by atoms with Crippen LogP contribution in [0.25, 0.3) is 0 Å². The molecule has 1 spiro atoms. The highest BCUT2D eigenvalue weighted by Crippen LogP contribution is 2.41. The third-order valence-electron chi connectivity index (χ3n) is 5.58. The molecule has 1 atom stereocenters. The van der Waals surface area contributed by atoms with E-state index in [1.807, 2.05) is 12.1 Å². The third-order valence-corrected chi connectivity index (χ3v) is 6.00. The number of furan rings is 1. The molecule has 2 saturated heterocycles. The molecule has 2 aromatic rings. The number of piperidine rings is 1. The van der Waals surface area contributed by atoms with Gasteiger partial charge < -0.3 is 24.1 Å². The number of ether oxygens (including phenoxy) is 2. The number of hydrogen-bond acceptors (Lipinski definition) is 5. The minimum Gasteiger partial charge on any atom is -0.444 e. The second-order valence-corrected chi connectivity index (χ2v) is 8.13. The zero-order valence-corrected chi connectivity index (χ0v) is 17.8. The molecule has 0 aliphatic carbocycles. The van der Waals surface area contributed by atoms with E-state index >= 15 is 0 Å². The second-order valence-electron chi connectivity index (χ2n) is 7.35. The van der Waals surface area contributed by atoms with Gasteiger partial charge in [0, 0.05) is 25.4 Å². The van der Waals surface area contributed by atoms with Gasteiger partial charge >= 0.3 is 0 Å². The molecule has 1 unspecified atom stereocenters. The molecule has 7 heteroatoms. The number of nitrogens with one attached hydrogen (secondary N) is 1. The van der Waals surface area contributed by atoms with Crippen LogP contribution in [0.1, 0.15) is 42.3 Å². The number of carbonyl (C=O) groups excluding carboxylic acids is 1. The number of benzene rings is 1. The average Bonchev–Trinajstić information content (AvgIpc) is 3.32. The van der Waals surface area contributed by atoms with Crippen molar-refractivity contribution in [1.29, 1.82) is 0 Å². The SMILES string of the molecule is CCC1CC2(CCN1c1c(C)cccc1NC(=O)c1ccc(Br)o1)OCCO2. The van der Waals surface area contributed by atoms with E-state index in [1.165, 1.54) is 0 Å². The van der Waals surface area contributed by atoms with E-state index in [-0.39, 0.29) is 17.7 Å². The van der Waals surface area contributed by atoms with E-state index in [0.29, 0.717) is 17.9 Å². The van der Waals surface area contributed by atoms with Crippen molar-refractivity contribution in [1.82, 2.24) is 0 Å². The molecule has 28 heavy (non-hydrogen) atoms. The quantitative estimate of drug-likeness (QED) is 0.732. The van der Waals surface area contributed by atoms with E-state index < -0.39 is 5.79 Å². The van der Waals surface area contributed by atoms with Gasteiger partial charge in [0.05, 0.1) is 24.6 Å². The fourth-order valence-corrected chi connectivity index (χ4v) is 4.53. The Morgan fingerprint density at radius 2 is 2.07 bits per heavy atom. The highest BCUT2D eigenvalue weighted by Gasteiger charge is 2.44. The molecular formula is C21H25BrN2O4. The van der Waals surface area contributed by atoms with Crippen molar-refractivity contribution in [2.45, 2.75) is 44.9 Å². The number of amides is 1. The van der Waals surface area contributed by atoms with Gasteiger partial charge in [-0.05, 0) is 53.0 Å². The molecule has 1 aromatic heterocycles. The first-order valence-electron chi connectivity index (χ1n) is 9.72. The van der Waals surface area contributed by atoms with Gasteiger partial charge in [-0.3, -0.25) is 4.79 Å². The fraction of sp³-hybridized carbons (Fsp3) is 0.476. The van der Waals surface area contributed by atoms with Crippen LogP contribution in [0.4, 0.5) is 11.4 Å². The van der Waals surface area contributed by atoms with E-state index in [2.05, 4.69) is 46.1 Å². The van der Waals surface area contributed by atoms with Crippen molar-refractivity contribution in [2.75, 3.05) is 30.0 Å². The van der Waals surface area contributed by atoms with Gasteiger partial charge in [-0.1, -0.05) is 19.1 Å². The number of nitrogens with zero attached hydrogens (tertiary/aromatic N) is 1. The molecule has 1 N–H and O–H groups in total. The Bertz CT molecular complexity index is 860. The highest BCUT2D eigenvalue weighted by molar-refractivity contribution is 9.10. The fourth-order valence-electron chi connectivity index (χ4n) is 4.22. The largest absolute Gasteiger partial charge is 0.444 e. The van der Waals surface area contributed by atoms with Crippen molar-refractivity contribution < 1.29 is 18.7 Å². The summed E-state index contributed by atoms with van der Waals surface area (Å²) < 4.78 is 17.8. The van der Waals surface area contributed by atoms with Gasteiger partial charge in [-0.15, -0.1) is 0 Å². The number of anilines is 2. The van der Waals surface area contributed by atoms with Crippen LogP contribution in [0.15, 0.2) is 39.4 Å². The summed E-state index contributed by atoms with van der Waals surface area (Å²) in [5.41, 5.74) is 2.97. The van der Waals surface area contributed by atoms with Crippen LogP contribution in [-0.4, -0.2) is 37.5 Å². The number of carbonyl (C=O) groups is 1. The van der Waals surface area contributed by atoms with Gasteiger partial charge in [0.15, 0.2) is 16.2 Å². The van der Waals surface area contributed by atoms with E-state index in [0.717, 1.165) is 42.7 Å². The maximum atomic E-state index is 12.6. The summed E-state index contributed by atoms with van der Waals surface area (Å²) in [6.45, 7) is 6.41. The van der Waals surface area contributed by atoms with Crippen molar-refractivity contribution in [3.63, 3.8) is 0 Å². The molecule has 0 saturated carbocycles. The Morgan fingerprint density at radius 3 is 2.75 bits per heavy atom. The van der Waals surface area contributed by atoms with Gasteiger partial charge in [0.1, 0.15) is 0 Å². The summed E-state index contributed by atoms with van der Waals surface area (Å²) >= 11 is 3.24. The molecule has 2 aliphatic heterocycles. The summed E-state index contributed by atoms with van der Waals surface area (Å²) in [5.74, 6) is -0.428. The van der Waals surface area contributed by atoms with Crippen molar-refractivity contribution in [2.24, 2.45) is 0 Å². The summed E-state index contributed by atoms with van der Waals surface area (Å²) in [6.07, 6.45) is 2.62. The first-order chi connectivity index (χ1) is 13.5. The monoisotopic (exact) mass is 448 g/mol. The van der Waals surface area contributed by atoms with Crippen LogP contribution in [-0.2, 0) is 9.47 Å². The Balaban J connectivity index is 1.61. The van der Waals surface area contributed by atoms with Crippen LogP contribution in [0, 0.1) is 6.92 Å². The summed E-state index contributed by atoms with van der Waals surface area (Å²) in [5, 5.41) is 3.03. The summed E-state index contributed by atoms with van der Waals surface area (Å²) in [4.78, 5) is 15.0. The van der Waals surface area contributed by atoms with Gasteiger partial charge in [-0.2, -0.15) is 0 Å². The lowest BCUT2D eigenvalue weighted by Gasteiger charge is -2.45. The van der Waals surface area contributed by atoms with Crippen LogP contribution in [0.5, 0.6) is 0 Å². The Kier molecular flexibility index (Phi) is 5.49. The third kappa shape index (κ3) is 3.71. The van der Waals surface area contributed by atoms with E-state index in [4.69, 9.17) is 13.9 Å². The Labute approximate surface area is 173 Å². The normalized spacial score (nSPS) is 21.2. The number of halogens is 1. The van der Waals surface area contributed by atoms with Crippen LogP contribution < -0.4 is 10.2 Å².